The van der Waals surface area contributed by atoms with Crippen LogP contribution < -0.4 is 0 Å². The Balaban J connectivity index is 2.26. The molecule has 0 N–H and O–H groups in total. The number of hydrogen-bond acceptors (Lipinski definition) is 5. The van der Waals surface area contributed by atoms with Gasteiger partial charge in [0.15, 0.2) is 0 Å². The molecule has 4 nitrogen and oxygen atoms in total. The molecular weight excluding hydrogens is 204 g/mol. The highest BCUT2D eigenvalue weighted by molar-refractivity contribution is 8.00. The van der Waals surface area contributed by atoms with Gasteiger partial charge in [0.1, 0.15) is 5.25 Å². The van der Waals surface area contributed by atoms with Gasteiger partial charge in [-0.15, -0.1) is 11.8 Å². The summed E-state index contributed by atoms with van der Waals surface area (Å²) in [6, 6.07) is 0. The minimum atomic E-state index is -0.233. The standard InChI is InChI=1S/C9H14O4S/c1-6(8(10)12-2)5-14-7-3-4-13-9(7)11/h6-7H,3-5H2,1-2H3. The minimum absolute atomic E-state index is 0.0953. The lowest BCUT2D eigenvalue weighted by molar-refractivity contribution is -0.144. The molecule has 1 saturated heterocycles. The maximum absolute atomic E-state index is 11.1. The SMILES string of the molecule is COC(=O)C(C)CSC1CCOC1=O. The molecule has 2 unspecified atom stereocenters. The quantitative estimate of drug-likeness (QED) is 0.655. The Kier molecular flexibility index (Phi) is 4.25. The largest absolute Gasteiger partial charge is 0.469 e. The van der Waals surface area contributed by atoms with Gasteiger partial charge in [-0.3, -0.25) is 9.59 Å². The van der Waals surface area contributed by atoms with Crippen molar-refractivity contribution in [2.75, 3.05) is 19.5 Å². The van der Waals surface area contributed by atoms with Crippen molar-refractivity contribution in [3.8, 4) is 0 Å². The highest BCUT2D eigenvalue weighted by Crippen LogP contribution is 2.23. The Hall–Kier alpha value is -0.710. The second-order valence-corrected chi connectivity index (χ2v) is 4.44. The number of esters is 2. The van der Waals surface area contributed by atoms with E-state index in [1.54, 1.807) is 6.92 Å². The Morgan fingerprint density at radius 2 is 2.50 bits per heavy atom. The molecule has 0 amide bonds. The van der Waals surface area contributed by atoms with Gasteiger partial charge in [0.05, 0.1) is 19.6 Å². The molecule has 80 valence electrons. The summed E-state index contributed by atoms with van der Waals surface area (Å²) in [5.74, 6) is 0.0428. The summed E-state index contributed by atoms with van der Waals surface area (Å²) in [5, 5.41) is -0.0953. The first kappa shape index (κ1) is 11.4. The van der Waals surface area contributed by atoms with Crippen LogP contribution >= 0.6 is 11.8 Å². The molecular formula is C9H14O4S. The molecule has 14 heavy (non-hydrogen) atoms. The van der Waals surface area contributed by atoms with Crippen LogP contribution in [0.1, 0.15) is 13.3 Å². The summed E-state index contributed by atoms with van der Waals surface area (Å²) in [7, 11) is 1.37. The summed E-state index contributed by atoms with van der Waals surface area (Å²) >= 11 is 1.47. The van der Waals surface area contributed by atoms with Crippen LogP contribution in [0.3, 0.4) is 0 Å². The van der Waals surface area contributed by atoms with E-state index in [2.05, 4.69) is 4.74 Å². The number of methoxy groups -OCH3 is 1. The van der Waals surface area contributed by atoms with Crippen molar-refractivity contribution in [3.05, 3.63) is 0 Å². The average Bonchev–Trinajstić information content (AvgIpc) is 2.59. The molecule has 5 heteroatoms. The lowest BCUT2D eigenvalue weighted by atomic mass is 10.2. The van der Waals surface area contributed by atoms with E-state index in [1.165, 1.54) is 18.9 Å². The first-order chi connectivity index (χ1) is 6.65. The van der Waals surface area contributed by atoms with Crippen molar-refractivity contribution in [2.45, 2.75) is 18.6 Å². The molecule has 1 aliphatic rings. The lowest BCUT2D eigenvalue weighted by Gasteiger charge is -2.10. The van der Waals surface area contributed by atoms with Gasteiger partial charge in [-0.05, 0) is 0 Å². The maximum Gasteiger partial charge on any atom is 0.319 e. The summed E-state index contributed by atoms with van der Waals surface area (Å²) in [6.07, 6.45) is 0.747. The van der Waals surface area contributed by atoms with Crippen molar-refractivity contribution in [1.82, 2.24) is 0 Å². The van der Waals surface area contributed by atoms with Crippen LogP contribution in [-0.2, 0) is 19.1 Å². The molecule has 0 radical (unpaired) electrons. The van der Waals surface area contributed by atoms with Crippen LogP contribution in [0.25, 0.3) is 0 Å². The third-order valence-electron chi connectivity index (χ3n) is 2.04. The van der Waals surface area contributed by atoms with Crippen molar-refractivity contribution >= 4 is 23.7 Å². The molecule has 1 heterocycles. The Morgan fingerprint density at radius 1 is 1.79 bits per heavy atom. The highest BCUT2D eigenvalue weighted by Gasteiger charge is 2.28. The van der Waals surface area contributed by atoms with Crippen LogP contribution in [-0.4, -0.2) is 36.7 Å². The van der Waals surface area contributed by atoms with E-state index in [9.17, 15) is 9.59 Å². The van der Waals surface area contributed by atoms with Crippen LogP contribution in [0.15, 0.2) is 0 Å². The van der Waals surface area contributed by atoms with Gasteiger partial charge in [-0.2, -0.15) is 0 Å². The Morgan fingerprint density at radius 3 is 3.00 bits per heavy atom. The lowest BCUT2D eigenvalue weighted by Crippen LogP contribution is -2.18. The van der Waals surface area contributed by atoms with E-state index in [-0.39, 0.29) is 23.1 Å². The van der Waals surface area contributed by atoms with E-state index in [4.69, 9.17) is 4.74 Å². The number of hydrogen-bond donors (Lipinski definition) is 0. The number of ether oxygens (including phenoxy) is 2. The first-order valence-electron chi connectivity index (χ1n) is 4.51. The highest BCUT2D eigenvalue weighted by atomic mass is 32.2. The number of thioether (sulfide) groups is 1. The number of rotatable bonds is 4. The molecule has 0 aliphatic carbocycles. The molecule has 2 atom stereocenters. The molecule has 0 aromatic rings. The molecule has 0 bridgehead atoms. The molecule has 0 aromatic heterocycles. The van der Waals surface area contributed by atoms with Gasteiger partial charge in [-0.1, -0.05) is 6.92 Å². The number of carbonyl (C=O) groups excluding carboxylic acids is 2. The van der Waals surface area contributed by atoms with Crippen molar-refractivity contribution in [1.29, 1.82) is 0 Å². The molecule has 1 fully saturated rings. The zero-order valence-electron chi connectivity index (χ0n) is 8.32. The van der Waals surface area contributed by atoms with E-state index < -0.39 is 0 Å². The first-order valence-corrected chi connectivity index (χ1v) is 5.56. The summed E-state index contributed by atoms with van der Waals surface area (Å²) < 4.78 is 9.39. The average molecular weight is 218 g/mol. The number of carbonyl (C=O) groups is 2. The van der Waals surface area contributed by atoms with Gasteiger partial charge in [0, 0.05) is 12.2 Å². The molecule has 1 rings (SSSR count). The zero-order valence-corrected chi connectivity index (χ0v) is 9.13. The number of cyclic esters (lactones) is 1. The predicted octanol–water partition coefficient (Wildman–Crippen LogP) is 0.844. The van der Waals surface area contributed by atoms with Crippen LogP contribution in [0.5, 0.6) is 0 Å². The minimum Gasteiger partial charge on any atom is -0.469 e. The second kappa shape index (κ2) is 5.24. The third kappa shape index (κ3) is 2.90. The van der Waals surface area contributed by atoms with E-state index in [1.807, 2.05) is 0 Å². The molecule has 0 spiro atoms. The van der Waals surface area contributed by atoms with E-state index >= 15 is 0 Å². The van der Waals surface area contributed by atoms with Crippen LogP contribution in [0, 0.1) is 5.92 Å². The predicted molar refractivity (Wildman–Crippen MR) is 53.0 cm³/mol. The van der Waals surface area contributed by atoms with Crippen LogP contribution in [0.2, 0.25) is 0 Å². The fourth-order valence-corrected chi connectivity index (χ4v) is 2.28. The fraction of sp³-hybridized carbons (Fsp3) is 0.778. The summed E-state index contributed by atoms with van der Waals surface area (Å²) in [5.41, 5.74) is 0. The molecule has 0 aromatic carbocycles. The maximum atomic E-state index is 11.1. The van der Waals surface area contributed by atoms with Gasteiger partial charge in [0.2, 0.25) is 0 Å². The molecule has 0 saturated carbocycles. The van der Waals surface area contributed by atoms with Crippen LogP contribution in [0.4, 0.5) is 0 Å². The smallest absolute Gasteiger partial charge is 0.319 e. The summed E-state index contributed by atoms with van der Waals surface area (Å²) in [6.45, 7) is 2.29. The van der Waals surface area contributed by atoms with Crippen molar-refractivity contribution in [2.24, 2.45) is 5.92 Å². The third-order valence-corrected chi connectivity index (χ3v) is 3.56. The normalized spacial score (nSPS) is 23.0. The zero-order chi connectivity index (χ0) is 10.6. The fourth-order valence-electron chi connectivity index (χ4n) is 1.16. The van der Waals surface area contributed by atoms with Gasteiger partial charge in [0.25, 0.3) is 0 Å². The van der Waals surface area contributed by atoms with E-state index in [0.29, 0.717) is 12.4 Å². The second-order valence-electron chi connectivity index (χ2n) is 3.20. The van der Waals surface area contributed by atoms with Gasteiger partial charge < -0.3 is 9.47 Å². The van der Waals surface area contributed by atoms with E-state index in [0.717, 1.165) is 6.42 Å². The van der Waals surface area contributed by atoms with Crippen molar-refractivity contribution in [3.63, 3.8) is 0 Å². The topological polar surface area (TPSA) is 52.6 Å². The van der Waals surface area contributed by atoms with Gasteiger partial charge in [-0.25, -0.2) is 0 Å². The monoisotopic (exact) mass is 218 g/mol. The Labute approximate surface area is 87.3 Å². The Bertz CT molecular complexity index is 229. The van der Waals surface area contributed by atoms with Crippen molar-refractivity contribution < 1.29 is 19.1 Å². The van der Waals surface area contributed by atoms with Gasteiger partial charge >= 0.3 is 11.9 Å². The summed E-state index contributed by atoms with van der Waals surface area (Å²) in [4.78, 5) is 22.1. The molecule has 1 aliphatic heterocycles.